The van der Waals surface area contributed by atoms with Crippen LogP contribution < -0.4 is 4.74 Å². The van der Waals surface area contributed by atoms with Crippen LogP contribution in [0.25, 0.3) is 0 Å². The second kappa shape index (κ2) is 9.77. The van der Waals surface area contributed by atoms with Gasteiger partial charge in [0.25, 0.3) is 0 Å². The molecule has 0 aliphatic carbocycles. The van der Waals surface area contributed by atoms with Gasteiger partial charge in [-0.2, -0.15) is 0 Å². The fourth-order valence-corrected chi connectivity index (χ4v) is 5.51. The SMILES string of the molecule is O=C(O)C1CCN(C(c2ccc(OCc3ccccc3)cc2)c2ccc(Br)s2)CC1. The van der Waals surface area contributed by atoms with Gasteiger partial charge in [-0.25, -0.2) is 0 Å². The van der Waals surface area contributed by atoms with Gasteiger partial charge >= 0.3 is 5.97 Å². The summed E-state index contributed by atoms with van der Waals surface area (Å²) in [6.45, 7) is 2.11. The number of benzene rings is 2. The first-order chi connectivity index (χ1) is 14.6. The Bertz CT molecular complexity index is 966. The summed E-state index contributed by atoms with van der Waals surface area (Å²) >= 11 is 5.31. The number of carboxylic acids is 1. The van der Waals surface area contributed by atoms with E-state index in [9.17, 15) is 9.90 Å². The Labute approximate surface area is 189 Å². The molecular formula is C24H24BrNO3S. The highest BCUT2D eigenvalue weighted by Gasteiger charge is 2.30. The number of hydrogen-bond acceptors (Lipinski definition) is 4. The Morgan fingerprint density at radius 1 is 1.07 bits per heavy atom. The molecule has 0 amide bonds. The van der Waals surface area contributed by atoms with Gasteiger partial charge in [-0.3, -0.25) is 9.69 Å². The van der Waals surface area contributed by atoms with Crippen LogP contribution in [-0.4, -0.2) is 29.1 Å². The predicted molar refractivity (Wildman–Crippen MR) is 123 cm³/mol. The van der Waals surface area contributed by atoms with Crippen molar-refractivity contribution in [3.05, 3.63) is 86.5 Å². The molecule has 0 saturated carbocycles. The first-order valence-corrected chi connectivity index (χ1v) is 11.7. The highest BCUT2D eigenvalue weighted by molar-refractivity contribution is 9.11. The van der Waals surface area contributed by atoms with E-state index in [1.165, 1.54) is 10.4 Å². The third-order valence-corrected chi connectivity index (χ3v) is 7.23. The van der Waals surface area contributed by atoms with Crippen LogP contribution in [0.5, 0.6) is 5.75 Å². The van der Waals surface area contributed by atoms with Gasteiger partial charge in [0.05, 0.1) is 15.7 Å². The highest BCUT2D eigenvalue weighted by atomic mass is 79.9. The van der Waals surface area contributed by atoms with Crippen LogP contribution in [-0.2, 0) is 11.4 Å². The van der Waals surface area contributed by atoms with Gasteiger partial charge < -0.3 is 9.84 Å². The quantitative estimate of drug-likeness (QED) is 0.447. The number of hydrogen-bond donors (Lipinski definition) is 1. The molecule has 2 heterocycles. The topological polar surface area (TPSA) is 49.8 Å². The van der Waals surface area contributed by atoms with Crippen LogP contribution in [0.3, 0.4) is 0 Å². The molecule has 2 aromatic carbocycles. The maximum Gasteiger partial charge on any atom is 0.306 e. The van der Waals surface area contributed by atoms with Gasteiger partial charge in [-0.1, -0.05) is 42.5 Å². The van der Waals surface area contributed by atoms with E-state index >= 15 is 0 Å². The Balaban J connectivity index is 1.50. The molecule has 0 radical (unpaired) electrons. The number of halogens is 1. The third kappa shape index (κ3) is 5.12. The molecule has 1 aliphatic rings. The number of aliphatic carboxylic acids is 1. The average Bonchev–Trinajstić information content (AvgIpc) is 3.20. The van der Waals surface area contributed by atoms with Gasteiger partial charge in [-0.05, 0) is 77.3 Å². The van der Waals surface area contributed by atoms with E-state index < -0.39 is 5.97 Å². The van der Waals surface area contributed by atoms with Crippen molar-refractivity contribution >= 4 is 33.2 Å². The molecule has 1 fully saturated rings. The Kier molecular flexibility index (Phi) is 6.87. The van der Waals surface area contributed by atoms with Crippen molar-refractivity contribution in [2.75, 3.05) is 13.1 Å². The number of ether oxygens (including phenoxy) is 1. The summed E-state index contributed by atoms with van der Waals surface area (Å²) < 4.78 is 7.04. The van der Waals surface area contributed by atoms with Gasteiger partial charge in [0.2, 0.25) is 0 Å². The zero-order chi connectivity index (χ0) is 20.9. The molecule has 6 heteroatoms. The molecule has 1 N–H and O–H groups in total. The second-order valence-electron chi connectivity index (χ2n) is 7.54. The number of nitrogens with zero attached hydrogens (tertiary/aromatic N) is 1. The minimum absolute atomic E-state index is 0.124. The largest absolute Gasteiger partial charge is 0.489 e. The van der Waals surface area contributed by atoms with E-state index in [0.717, 1.165) is 28.2 Å². The smallest absolute Gasteiger partial charge is 0.306 e. The third-order valence-electron chi connectivity index (χ3n) is 5.55. The molecule has 4 nitrogen and oxygen atoms in total. The zero-order valence-corrected chi connectivity index (χ0v) is 18.9. The van der Waals surface area contributed by atoms with Gasteiger partial charge in [-0.15, -0.1) is 11.3 Å². The van der Waals surface area contributed by atoms with E-state index in [0.29, 0.717) is 19.4 Å². The summed E-state index contributed by atoms with van der Waals surface area (Å²) in [5, 5.41) is 9.33. The number of likely N-dealkylation sites (tertiary alicyclic amines) is 1. The van der Waals surface area contributed by atoms with E-state index in [1.807, 2.05) is 30.3 Å². The Morgan fingerprint density at radius 3 is 2.37 bits per heavy atom. The zero-order valence-electron chi connectivity index (χ0n) is 16.5. The summed E-state index contributed by atoms with van der Waals surface area (Å²) in [4.78, 5) is 15.0. The standard InChI is InChI=1S/C24H24BrNO3S/c25-22-11-10-21(30-22)23(26-14-12-19(13-15-26)24(27)28)18-6-8-20(9-7-18)29-16-17-4-2-1-3-5-17/h1-11,19,23H,12-16H2,(H,27,28). The normalized spacial score (nSPS) is 16.3. The lowest BCUT2D eigenvalue weighted by atomic mass is 9.94. The lowest BCUT2D eigenvalue weighted by Crippen LogP contribution is -2.39. The molecule has 1 unspecified atom stereocenters. The number of piperidine rings is 1. The van der Waals surface area contributed by atoms with Crippen LogP contribution in [0.15, 0.2) is 70.5 Å². The number of carbonyl (C=O) groups is 1. The van der Waals surface area contributed by atoms with Crippen molar-refractivity contribution in [1.29, 1.82) is 0 Å². The van der Waals surface area contributed by atoms with Crippen molar-refractivity contribution in [3.63, 3.8) is 0 Å². The minimum atomic E-state index is -0.676. The van der Waals surface area contributed by atoms with Crippen LogP contribution in [0.4, 0.5) is 0 Å². The summed E-state index contributed by atoms with van der Waals surface area (Å²) in [5.74, 6) is -0.0611. The first kappa shape index (κ1) is 21.1. The molecule has 1 atom stereocenters. The van der Waals surface area contributed by atoms with Gasteiger partial charge in [0, 0.05) is 4.88 Å². The van der Waals surface area contributed by atoms with Crippen molar-refractivity contribution in [3.8, 4) is 5.75 Å². The van der Waals surface area contributed by atoms with Crippen molar-refractivity contribution in [1.82, 2.24) is 4.90 Å². The molecule has 1 saturated heterocycles. The van der Waals surface area contributed by atoms with E-state index in [2.05, 4.69) is 57.2 Å². The summed E-state index contributed by atoms with van der Waals surface area (Å²) in [6, 6.07) is 22.8. The Morgan fingerprint density at radius 2 is 1.77 bits per heavy atom. The van der Waals surface area contributed by atoms with Gasteiger partial charge in [0.15, 0.2) is 0 Å². The fourth-order valence-electron chi connectivity index (χ4n) is 3.92. The van der Waals surface area contributed by atoms with E-state index in [4.69, 9.17) is 4.74 Å². The van der Waals surface area contributed by atoms with Crippen LogP contribution >= 0.6 is 27.3 Å². The van der Waals surface area contributed by atoms with E-state index in [1.54, 1.807) is 11.3 Å². The van der Waals surface area contributed by atoms with Crippen LogP contribution in [0.2, 0.25) is 0 Å². The molecule has 156 valence electrons. The maximum absolute atomic E-state index is 11.3. The molecule has 3 aromatic rings. The van der Waals surface area contributed by atoms with Crippen molar-refractivity contribution < 1.29 is 14.6 Å². The number of carboxylic acid groups (broad SMARTS) is 1. The first-order valence-electron chi connectivity index (χ1n) is 10.1. The average molecular weight is 486 g/mol. The predicted octanol–water partition coefficient (Wildman–Crippen LogP) is 5.98. The van der Waals surface area contributed by atoms with Crippen LogP contribution in [0.1, 0.15) is 34.9 Å². The summed E-state index contributed by atoms with van der Waals surface area (Å²) in [7, 11) is 0. The summed E-state index contributed by atoms with van der Waals surface area (Å²) in [6.07, 6.45) is 1.38. The molecule has 0 bridgehead atoms. The van der Waals surface area contributed by atoms with Crippen LogP contribution in [0, 0.1) is 5.92 Å². The number of rotatable bonds is 7. The molecule has 0 spiro atoms. The molecule has 1 aliphatic heterocycles. The minimum Gasteiger partial charge on any atom is -0.489 e. The fraction of sp³-hybridized carbons (Fsp3) is 0.292. The lowest BCUT2D eigenvalue weighted by molar-refractivity contribution is -0.143. The Hall–Kier alpha value is -2.15. The lowest BCUT2D eigenvalue weighted by Gasteiger charge is -2.36. The molecule has 30 heavy (non-hydrogen) atoms. The highest BCUT2D eigenvalue weighted by Crippen LogP contribution is 2.38. The van der Waals surface area contributed by atoms with Gasteiger partial charge in [0.1, 0.15) is 12.4 Å². The van der Waals surface area contributed by atoms with Crippen molar-refractivity contribution in [2.24, 2.45) is 5.92 Å². The van der Waals surface area contributed by atoms with E-state index in [-0.39, 0.29) is 12.0 Å². The molecule has 1 aromatic heterocycles. The number of thiophene rings is 1. The second-order valence-corrected chi connectivity index (χ2v) is 10.0. The monoisotopic (exact) mass is 485 g/mol. The maximum atomic E-state index is 11.3. The summed E-state index contributed by atoms with van der Waals surface area (Å²) in [5.41, 5.74) is 2.34. The molecular weight excluding hydrogens is 462 g/mol. The molecule has 4 rings (SSSR count). The van der Waals surface area contributed by atoms with Crippen molar-refractivity contribution in [2.45, 2.75) is 25.5 Å².